The Morgan fingerprint density at radius 1 is 1.25 bits per heavy atom. The lowest BCUT2D eigenvalue weighted by Gasteiger charge is -2.28. The first kappa shape index (κ1) is 7.46. The van der Waals surface area contributed by atoms with E-state index in [-0.39, 0.29) is 5.69 Å². The van der Waals surface area contributed by atoms with E-state index < -0.39 is 0 Å². The van der Waals surface area contributed by atoms with Gasteiger partial charge in [0.05, 0.1) is 0 Å². The minimum Gasteiger partial charge on any atom is -0.311 e. The van der Waals surface area contributed by atoms with Crippen molar-refractivity contribution in [2.24, 2.45) is 0 Å². The maximum Gasteiger partial charge on any atom is 0.344 e. The summed E-state index contributed by atoms with van der Waals surface area (Å²) in [6, 6.07) is 0. The molecule has 0 saturated carbocycles. The highest BCUT2D eigenvalue weighted by Crippen LogP contribution is 2.05. The maximum absolute atomic E-state index is 11.2. The van der Waals surface area contributed by atoms with Gasteiger partial charge >= 0.3 is 5.69 Å². The molecule has 1 fully saturated rings. The number of imidazole rings is 1. The summed E-state index contributed by atoms with van der Waals surface area (Å²) in [6.07, 6.45) is 7.13. The first-order valence-corrected chi connectivity index (χ1v) is 4.39. The summed E-state index contributed by atoms with van der Waals surface area (Å²) in [4.78, 5) is 13.8. The molecule has 1 aliphatic rings. The standard InChI is InChI=1S/C8H13N3O/c12-8-9-4-7-11(8)10-5-2-1-3-6-10/h4,7H,1-3,5-6H2,(H,9,12). The fourth-order valence-corrected chi connectivity index (χ4v) is 1.63. The third kappa shape index (κ3) is 1.24. The predicted octanol–water partition coefficient (Wildman–Crippen LogP) is 0.298. The maximum atomic E-state index is 11.2. The van der Waals surface area contributed by atoms with E-state index in [9.17, 15) is 4.79 Å². The molecule has 4 heteroatoms. The van der Waals surface area contributed by atoms with Crippen LogP contribution in [0.1, 0.15) is 19.3 Å². The Morgan fingerprint density at radius 3 is 2.58 bits per heavy atom. The number of aromatic amines is 1. The van der Waals surface area contributed by atoms with Crippen LogP contribution in [-0.4, -0.2) is 22.7 Å². The van der Waals surface area contributed by atoms with Gasteiger partial charge in [-0.05, 0) is 19.3 Å². The third-order valence-corrected chi connectivity index (χ3v) is 2.27. The molecular weight excluding hydrogens is 154 g/mol. The molecule has 0 radical (unpaired) electrons. The van der Waals surface area contributed by atoms with Crippen LogP contribution < -0.4 is 10.7 Å². The highest BCUT2D eigenvalue weighted by Gasteiger charge is 2.11. The summed E-state index contributed by atoms with van der Waals surface area (Å²) in [6.45, 7) is 2.00. The van der Waals surface area contributed by atoms with Gasteiger partial charge in [0.15, 0.2) is 0 Å². The van der Waals surface area contributed by atoms with Gasteiger partial charge in [0.1, 0.15) is 0 Å². The Balaban J connectivity index is 2.18. The van der Waals surface area contributed by atoms with Gasteiger partial charge in [-0.25, -0.2) is 9.47 Å². The second-order valence-electron chi connectivity index (χ2n) is 3.12. The van der Waals surface area contributed by atoms with Gasteiger partial charge in [-0.3, -0.25) is 0 Å². The second kappa shape index (κ2) is 3.05. The molecule has 0 spiro atoms. The van der Waals surface area contributed by atoms with Crippen LogP contribution in [0.2, 0.25) is 0 Å². The SMILES string of the molecule is O=c1[nH]ccn1N1CCCCC1. The number of nitrogens with one attached hydrogen (secondary N) is 1. The van der Waals surface area contributed by atoms with Crippen molar-refractivity contribution >= 4 is 0 Å². The van der Waals surface area contributed by atoms with E-state index in [1.165, 1.54) is 19.3 Å². The van der Waals surface area contributed by atoms with Crippen LogP contribution in [0, 0.1) is 0 Å². The van der Waals surface area contributed by atoms with Gasteiger partial charge in [0, 0.05) is 25.5 Å². The molecule has 0 unspecified atom stereocenters. The van der Waals surface area contributed by atoms with E-state index in [4.69, 9.17) is 0 Å². The number of aromatic nitrogens is 2. The molecule has 66 valence electrons. The van der Waals surface area contributed by atoms with E-state index in [0.717, 1.165) is 13.1 Å². The molecule has 4 nitrogen and oxygen atoms in total. The summed E-state index contributed by atoms with van der Waals surface area (Å²) in [5.74, 6) is 0. The van der Waals surface area contributed by atoms with Gasteiger partial charge < -0.3 is 9.99 Å². The first-order valence-electron chi connectivity index (χ1n) is 4.39. The zero-order chi connectivity index (χ0) is 8.39. The zero-order valence-electron chi connectivity index (χ0n) is 6.99. The molecule has 1 aromatic rings. The summed E-state index contributed by atoms with van der Waals surface area (Å²) >= 11 is 0. The minimum atomic E-state index is -0.0306. The Morgan fingerprint density at radius 2 is 2.00 bits per heavy atom. The monoisotopic (exact) mass is 167 g/mol. The van der Waals surface area contributed by atoms with Crippen molar-refractivity contribution in [2.75, 3.05) is 18.1 Å². The van der Waals surface area contributed by atoms with Gasteiger partial charge in [-0.2, -0.15) is 0 Å². The Bertz CT molecular complexity index is 295. The van der Waals surface area contributed by atoms with Crippen molar-refractivity contribution < 1.29 is 0 Å². The van der Waals surface area contributed by atoms with E-state index in [1.807, 2.05) is 0 Å². The molecule has 0 atom stereocenters. The molecule has 0 aliphatic carbocycles. The van der Waals surface area contributed by atoms with Crippen LogP contribution >= 0.6 is 0 Å². The van der Waals surface area contributed by atoms with Crippen LogP contribution in [0.4, 0.5) is 0 Å². The quantitative estimate of drug-likeness (QED) is 0.653. The average molecular weight is 167 g/mol. The lowest BCUT2D eigenvalue weighted by Crippen LogP contribution is -2.43. The number of piperidine rings is 1. The molecule has 1 aromatic heterocycles. The lowest BCUT2D eigenvalue weighted by atomic mass is 10.2. The first-order chi connectivity index (χ1) is 5.88. The Kier molecular flexibility index (Phi) is 1.89. The van der Waals surface area contributed by atoms with E-state index in [1.54, 1.807) is 17.1 Å². The number of rotatable bonds is 1. The molecule has 0 aromatic carbocycles. The smallest absolute Gasteiger partial charge is 0.311 e. The van der Waals surface area contributed by atoms with Crippen molar-refractivity contribution in [3.8, 4) is 0 Å². The van der Waals surface area contributed by atoms with Gasteiger partial charge in [-0.15, -0.1) is 0 Å². The van der Waals surface area contributed by atoms with Crippen LogP contribution in [-0.2, 0) is 0 Å². The van der Waals surface area contributed by atoms with Crippen LogP contribution in [0.15, 0.2) is 17.2 Å². The largest absolute Gasteiger partial charge is 0.344 e. The summed E-state index contributed by atoms with van der Waals surface area (Å²) in [7, 11) is 0. The Labute approximate surface area is 70.8 Å². The van der Waals surface area contributed by atoms with Gasteiger partial charge in [-0.1, -0.05) is 0 Å². The van der Waals surface area contributed by atoms with Crippen molar-refractivity contribution in [2.45, 2.75) is 19.3 Å². The van der Waals surface area contributed by atoms with Crippen LogP contribution in [0.5, 0.6) is 0 Å². The van der Waals surface area contributed by atoms with Gasteiger partial charge in [0.2, 0.25) is 0 Å². The van der Waals surface area contributed by atoms with Crippen LogP contribution in [0.3, 0.4) is 0 Å². The average Bonchev–Trinajstić information content (AvgIpc) is 2.53. The number of hydrogen-bond acceptors (Lipinski definition) is 2. The van der Waals surface area contributed by atoms with E-state index >= 15 is 0 Å². The van der Waals surface area contributed by atoms with Crippen molar-refractivity contribution in [1.82, 2.24) is 9.66 Å². The molecule has 2 heterocycles. The molecular formula is C8H13N3O. The Hall–Kier alpha value is -1.19. The zero-order valence-corrected chi connectivity index (χ0v) is 6.99. The van der Waals surface area contributed by atoms with E-state index in [2.05, 4.69) is 9.99 Å². The fraction of sp³-hybridized carbons (Fsp3) is 0.625. The van der Waals surface area contributed by atoms with Crippen molar-refractivity contribution in [3.63, 3.8) is 0 Å². The highest BCUT2D eigenvalue weighted by molar-refractivity contribution is 4.91. The molecule has 0 amide bonds. The molecule has 1 saturated heterocycles. The van der Waals surface area contributed by atoms with Crippen molar-refractivity contribution in [1.29, 1.82) is 0 Å². The lowest BCUT2D eigenvalue weighted by molar-refractivity contribution is 0.471. The fourth-order valence-electron chi connectivity index (χ4n) is 1.63. The molecule has 12 heavy (non-hydrogen) atoms. The third-order valence-electron chi connectivity index (χ3n) is 2.27. The van der Waals surface area contributed by atoms with Crippen LogP contribution in [0.25, 0.3) is 0 Å². The number of nitrogens with zero attached hydrogens (tertiary/aromatic N) is 2. The second-order valence-corrected chi connectivity index (χ2v) is 3.12. The van der Waals surface area contributed by atoms with Gasteiger partial charge in [0.25, 0.3) is 0 Å². The highest BCUT2D eigenvalue weighted by atomic mass is 16.2. The normalized spacial score (nSPS) is 18.2. The predicted molar refractivity (Wildman–Crippen MR) is 46.9 cm³/mol. The summed E-state index contributed by atoms with van der Waals surface area (Å²) in [5.41, 5.74) is -0.0306. The summed E-state index contributed by atoms with van der Waals surface area (Å²) in [5, 5.41) is 2.09. The molecule has 1 N–H and O–H groups in total. The minimum absolute atomic E-state index is 0.0306. The number of hydrogen-bond donors (Lipinski definition) is 1. The molecule has 1 aliphatic heterocycles. The molecule has 2 rings (SSSR count). The van der Waals surface area contributed by atoms with Crippen molar-refractivity contribution in [3.05, 3.63) is 22.9 Å². The number of H-pyrrole nitrogens is 1. The van der Waals surface area contributed by atoms with E-state index in [0.29, 0.717) is 0 Å². The molecule has 0 bridgehead atoms. The topological polar surface area (TPSA) is 41.0 Å². The summed E-state index contributed by atoms with van der Waals surface area (Å²) < 4.78 is 1.67.